The lowest BCUT2D eigenvalue weighted by atomic mass is 9.81. The number of guanidine groups is 1. The molecule has 2 rings (SSSR count). The second-order valence-corrected chi connectivity index (χ2v) is 7.84. The molecule has 0 aliphatic heterocycles. The lowest BCUT2D eigenvalue weighted by Gasteiger charge is -2.28. The number of hydrogen-bond acceptors (Lipinski definition) is 5. The molecular formula is C21H32N6O4. The van der Waals surface area contributed by atoms with E-state index in [1.807, 2.05) is 0 Å². The molecule has 1 aliphatic rings. The molecule has 0 heterocycles. The van der Waals surface area contributed by atoms with Gasteiger partial charge >= 0.3 is 5.97 Å². The van der Waals surface area contributed by atoms with Crippen LogP contribution in [0.2, 0.25) is 0 Å². The van der Waals surface area contributed by atoms with Gasteiger partial charge in [0.05, 0.1) is 5.56 Å². The summed E-state index contributed by atoms with van der Waals surface area (Å²) in [5.41, 5.74) is 17.0. The minimum absolute atomic E-state index is 0.0276. The van der Waals surface area contributed by atoms with Gasteiger partial charge in [0.25, 0.3) is 0 Å². The van der Waals surface area contributed by atoms with Crippen molar-refractivity contribution in [2.24, 2.45) is 34.0 Å². The summed E-state index contributed by atoms with van der Waals surface area (Å²) in [6, 6.07) is 5.06. The second kappa shape index (κ2) is 11.9. The molecule has 1 saturated carbocycles. The first-order valence-electron chi connectivity index (χ1n) is 10.5. The van der Waals surface area contributed by atoms with Crippen molar-refractivity contribution in [2.75, 3.05) is 18.4 Å². The number of aliphatic imine (C=N–C) groups is 1. The van der Waals surface area contributed by atoms with Crippen LogP contribution in [0.25, 0.3) is 0 Å². The molecule has 0 bridgehead atoms. The summed E-state index contributed by atoms with van der Waals surface area (Å²) in [7, 11) is 0. The molecule has 2 amide bonds. The Balaban J connectivity index is 2.00. The summed E-state index contributed by atoms with van der Waals surface area (Å²) in [5.74, 6) is -1.27. The van der Waals surface area contributed by atoms with Crippen molar-refractivity contribution >= 4 is 29.4 Å². The average molecular weight is 433 g/mol. The quantitative estimate of drug-likeness (QED) is 0.178. The topological polar surface area (TPSA) is 186 Å². The van der Waals surface area contributed by atoms with Crippen LogP contribution >= 0.6 is 0 Å². The van der Waals surface area contributed by atoms with E-state index in [1.165, 1.54) is 24.3 Å². The fraction of sp³-hybridized carbons (Fsp3) is 0.524. The number of nitrogens with one attached hydrogen (secondary N) is 2. The average Bonchev–Trinajstić information content (AvgIpc) is 2.75. The Morgan fingerprint density at radius 2 is 1.74 bits per heavy atom. The Labute approximate surface area is 181 Å². The molecule has 1 aromatic rings. The van der Waals surface area contributed by atoms with Gasteiger partial charge in [0.2, 0.25) is 11.8 Å². The third-order valence-corrected chi connectivity index (χ3v) is 5.53. The van der Waals surface area contributed by atoms with Crippen molar-refractivity contribution in [3.05, 3.63) is 29.8 Å². The highest BCUT2D eigenvalue weighted by atomic mass is 16.4. The number of nitrogens with two attached hydrogens (primary N) is 3. The van der Waals surface area contributed by atoms with E-state index < -0.39 is 12.0 Å². The number of hydrogen-bond donors (Lipinski definition) is 6. The number of carbonyl (C=O) groups is 3. The van der Waals surface area contributed by atoms with E-state index in [4.69, 9.17) is 22.3 Å². The van der Waals surface area contributed by atoms with Crippen LogP contribution in [0.3, 0.4) is 0 Å². The zero-order valence-corrected chi connectivity index (χ0v) is 17.5. The van der Waals surface area contributed by atoms with Crippen molar-refractivity contribution in [2.45, 2.75) is 44.6 Å². The fourth-order valence-electron chi connectivity index (χ4n) is 3.65. The van der Waals surface area contributed by atoms with Gasteiger partial charge in [-0.1, -0.05) is 0 Å². The van der Waals surface area contributed by atoms with Gasteiger partial charge in [0, 0.05) is 18.2 Å². The van der Waals surface area contributed by atoms with Gasteiger partial charge in [-0.15, -0.1) is 0 Å². The minimum atomic E-state index is -1.05. The predicted octanol–water partition coefficient (Wildman–Crippen LogP) is 0.627. The van der Waals surface area contributed by atoms with Crippen LogP contribution < -0.4 is 27.8 Å². The zero-order chi connectivity index (χ0) is 22.8. The molecule has 1 fully saturated rings. The van der Waals surface area contributed by atoms with Gasteiger partial charge in [0.15, 0.2) is 5.96 Å². The molecule has 9 N–H and O–H groups in total. The second-order valence-electron chi connectivity index (χ2n) is 7.84. The Bertz CT molecular complexity index is 784. The summed E-state index contributed by atoms with van der Waals surface area (Å²) >= 11 is 0. The van der Waals surface area contributed by atoms with E-state index in [9.17, 15) is 14.4 Å². The van der Waals surface area contributed by atoms with Crippen LogP contribution in [-0.4, -0.2) is 48.0 Å². The summed E-state index contributed by atoms with van der Waals surface area (Å²) < 4.78 is 0. The first-order chi connectivity index (χ1) is 14.8. The standard InChI is InChI=1S/C21H32N6O4/c22-12-13-3-5-14(6-4-13)18(28)27-17(2-1-11-25-21(23)24)19(29)26-16-9-7-15(8-10-16)20(30)31/h7-10,13-14,17H,1-6,11-12,22H2,(H,26,29)(H,27,28)(H,30,31)(H4,23,24,25)/t13?,14?,17-/m0/s1. The third kappa shape index (κ3) is 7.89. The molecule has 1 atom stereocenters. The van der Waals surface area contributed by atoms with Gasteiger partial charge in [-0.3, -0.25) is 14.6 Å². The van der Waals surface area contributed by atoms with E-state index in [0.29, 0.717) is 37.5 Å². The Morgan fingerprint density at radius 3 is 2.29 bits per heavy atom. The molecule has 1 aromatic carbocycles. The molecule has 0 aromatic heterocycles. The van der Waals surface area contributed by atoms with Gasteiger partial charge in [-0.25, -0.2) is 4.79 Å². The van der Waals surface area contributed by atoms with Crippen molar-refractivity contribution in [3.8, 4) is 0 Å². The molecule has 1 aliphatic carbocycles. The number of nitrogens with zero attached hydrogens (tertiary/aromatic N) is 1. The number of carbonyl (C=O) groups excluding carboxylic acids is 2. The highest BCUT2D eigenvalue weighted by molar-refractivity contribution is 5.98. The normalized spacial score (nSPS) is 19.1. The SMILES string of the molecule is NCC1CCC(C(=O)N[C@@H](CCCN=C(N)N)C(=O)Nc2ccc(C(=O)O)cc2)CC1. The molecule has 0 spiro atoms. The van der Waals surface area contributed by atoms with Crippen LogP contribution in [0.5, 0.6) is 0 Å². The molecule has 0 radical (unpaired) electrons. The molecule has 10 nitrogen and oxygen atoms in total. The van der Waals surface area contributed by atoms with E-state index in [0.717, 1.165) is 25.7 Å². The highest BCUT2D eigenvalue weighted by Crippen LogP contribution is 2.28. The van der Waals surface area contributed by atoms with Crippen molar-refractivity contribution in [3.63, 3.8) is 0 Å². The van der Waals surface area contributed by atoms with Crippen molar-refractivity contribution < 1.29 is 19.5 Å². The van der Waals surface area contributed by atoms with Crippen LogP contribution in [0, 0.1) is 11.8 Å². The minimum Gasteiger partial charge on any atom is -0.478 e. The van der Waals surface area contributed by atoms with Crippen LogP contribution in [0.15, 0.2) is 29.3 Å². The maximum absolute atomic E-state index is 12.8. The number of aromatic carboxylic acids is 1. The van der Waals surface area contributed by atoms with E-state index in [1.54, 1.807) is 0 Å². The molecular weight excluding hydrogens is 400 g/mol. The number of anilines is 1. The van der Waals surface area contributed by atoms with Gasteiger partial charge in [0.1, 0.15) is 6.04 Å². The first-order valence-corrected chi connectivity index (χ1v) is 10.5. The smallest absolute Gasteiger partial charge is 0.335 e. The summed E-state index contributed by atoms with van der Waals surface area (Å²) in [6.07, 6.45) is 4.20. The van der Waals surface area contributed by atoms with Crippen LogP contribution in [0.1, 0.15) is 48.9 Å². The Hall–Kier alpha value is -3.14. The molecule has 170 valence electrons. The van der Waals surface area contributed by atoms with Gasteiger partial charge < -0.3 is 32.9 Å². The maximum Gasteiger partial charge on any atom is 0.335 e. The highest BCUT2D eigenvalue weighted by Gasteiger charge is 2.29. The first kappa shape index (κ1) is 24.1. The van der Waals surface area contributed by atoms with Crippen LogP contribution in [-0.2, 0) is 9.59 Å². The number of carboxylic acids is 1. The molecule has 0 unspecified atom stereocenters. The molecule has 0 saturated heterocycles. The van der Waals surface area contributed by atoms with E-state index in [-0.39, 0.29) is 29.3 Å². The largest absolute Gasteiger partial charge is 0.478 e. The summed E-state index contributed by atoms with van der Waals surface area (Å²) in [5, 5.41) is 14.6. The number of benzene rings is 1. The maximum atomic E-state index is 12.8. The lowest BCUT2D eigenvalue weighted by molar-refractivity contribution is -0.130. The van der Waals surface area contributed by atoms with E-state index >= 15 is 0 Å². The number of amides is 2. The molecule has 10 heteroatoms. The lowest BCUT2D eigenvalue weighted by Crippen LogP contribution is -2.46. The fourth-order valence-corrected chi connectivity index (χ4v) is 3.65. The third-order valence-electron chi connectivity index (χ3n) is 5.53. The number of carboxylic acid groups (broad SMARTS) is 1. The summed E-state index contributed by atoms with van der Waals surface area (Å²) in [4.78, 5) is 40.5. The summed E-state index contributed by atoms with van der Waals surface area (Å²) in [6.45, 7) is 0.974. The van der Waals surface area contributed by atoms with Crippen molar-refractivity contribution in [1.82, 2.24) is 5.32 Å². The Morgan fingerprint density at radius 1 is 1.10 bits per heavy atom. The Kier molecular flexibility index (Phi) is 9.26. The van der Waals surface area contributed by atoms with Gasteiger partial charge in [-0.05, 0) is 75.3 Å². The molecule has 31 heavy (non-hydrogen) atoms. The monoisotopic (exact) mass is 432 g/mol. The zero-order valence-electron chi connectivity index (χ0n) is 17.5. The predicted molar refractivity (Wildman–Crippen MR) is 118 cm³/mol. The van der Waals surface area contributed by atoms with E-state index in [2.05, 4.69) is 15.6 Å². The number of rotatable bonds is 10. The van der Waals surface area contributed by atoms with Gasteiger partial charge in [-0.2, -0.15) is 0 Å². The van der Waals surface area contributed by atoms with Crippen molar-refractivity contribution in [1.29, 1.82) is 0 Å². The van der Waals surface area contributed by atoms with Crippen LogP contribution in [0.4, 0.5) is 5.69 Å².